The van der Waals surface area contributed by atoms with E-state index in [0.29, 0.717) is 5.82 Å². The normalized spacial score (nSPS) is 10.3. The molecule has 5 heteroatoms. The predicted octanol–water partition coefficient (Wildman–Crippen LogP) is 3.06. The predicted molar refractivity (Wildman–Crippen MR) is 69.0 cm³/mol. The molecule has 0 fully saturated rings. The summed E-state index contributed by atoms with van der Waals surface area (Å²) in [4.78, 5) is 17.1. The van der Waals surface area contributed by atoms with Crippen LogP contribution in [0.25, 0.3) is 0 Å². The van der Waals surface area contributed by atoms with Crippen molar-refractivity contribution in [1.82, 2.24) is 4.98 Å². The smallest absolute Gasteiger partial charge is 0.356 e. The van der Waals surface area contributed by atoms with Gasteiger partial charge in [0.15, 0.2) is 5.69 Å². The lowest BCUT2D eigenvalue weighted by Gasteiger charge is -2.22. The van der Waals surface area contributed by atoms with Gasteiger partial charge < -0.3 is 10.0 Å². The molecule has 1 aromatic rings. The number of hydrogen-bond donors (Lipinski definition) is 1. The van der Waals surface area contributed by atoms with Gasteiger partial charge in [0.05, 0.1) is 5.02 Å². The van der Waals surface area contributed by atoms with Crippen molar-refractivity contribution in [1.29, 1.82) is 0 Å². The molecule has 0 bridgehead atoms. The van der Waals surface area contributed by atoms with Gasteiger partial charge in [0.25, 0.3) is 0 Å². The number of nitrogens with zero attached hydrogens (tertiary/aromatic N) is 2. The monoisotopic (exact) mass is 256 g/mol. The first kappa shape index (κ1) is 13.8. The van der Waals surface area contributed by atoms with Gasteiger partial charge in [-0.05, 0) is 25.0 Å². The van der Waals surface area contributed by atoms with Gasteiger partial charge in [-0.1, -0.05) is 25.4 Å². The van der Waals surface area contributed by atoms with Crippen molar-refractivity contribution in [3.05, 3.63) is 22.8 Å². The van der Waals surface area contributed by atoms with Gasteiger partial charge in [-0.25, -0.2) is 9.78 Å². The molecule has 0 amide bonds. The lowest BCUT2D eigenvalue weighted by molar-refractivity contribution is 0.0691. The molecule has 0 aliphatic rings. The molecular weight excluding hydrogens is 240 g/mol. The van der Waals surface area contributed by atoms with E-state index in [1.807, 2.05) is 0 Å². The summed E-state index contributed by atoms with van der Waals surface area (Å²) in [6.07, 6.45) is 1.99. The second-order valence-electron chi connectivity index (χ2n) is 3.79. The minimum Gasteiger partial charge on any atom is -0.476 e. The van der Waals surface area contributed by atoms with Gasteiger partial charge >= 0.3 is 5.97 Å². The fourth-order valence-electron chi connectivity index (χ4n) is 1.64. The quantitative estimate of drug-likeness (QED) is 0.850. The molecule has 0 saturated carbocycles. The first-order chi connectivity index (χ1) is 8.10. The third-order valence-electron chi connectivity index (χ3n) is 2.34. The summed E-state index contributed by atoms with van der Waals surface area (Å²) in [5.74, 6) is -0.416. The van der Waals surface area contributed by atoms with Crippen molar-refractivity contribution in [3.8, 4) is 0 Å². The molecule has 1 N–H and O–H groups in total. The second kappa shape index (κ2) is 6.45. The van der Waals surface area contributed by atoms with Gasteiger partial charge in [0.2, 0.25) is 0 Å². The first-order valence-corrected chi connectivity index (χ1v) is 6.12. The molecule has 0 saturated heterocycles. The van der Waals surface area contributed by atoms with Crippen LogP contribution in [0.5, 0.6) is 0 Å². The molecule has 0 aliphatic heterocycles. The van der Waals surface area contributed by atoms with E-state index < -0.39 is 5.97 Å². The molecular formula is C12H17ClN2O2. The van der Waals surface area contributed by atoms with E-state index in [4.69, 9.17) is 16.7 Å². The van der Waals surface area contributed by atoms with Crippen LogP contribution in [-0.4, -0.2) is 29.1 Å². The van der Waals surface area contributed by atoms with Gasteiger partial charge in [-0.3, -0.25) is 0 Å². The highest BCUT2D eigenvalue weighted by Gasteiger charge is 2.14. The standard InChI is InChI=1S/C12H17ClN2O2/c1-3-7-15(8-4-2)10-6-5-9(13)11(14-10)12(16)17/h5-6H,3-4,7-8H2,1-2H3,(H,16,17). The largest absolute Gasteiger partial charge is 0.476 e. The number of hydrogen-bond acceptors (Lipinski definition) is 3. The summed E-state index contributed by atoms with van der Waals surface area (Å²) in [5.41, 5.74) is -0.0821. The van der Waals surface area contributed by atoms with E-state index in [-0.39, 0.29) is 10.7 Å². The number of rotatable bonds is 6. The van der Waals surface area contributed by atoms with Crippen LogP contribution in [0.15, 0.2) is 12.1 Å². The topological polar surface area (TPSA) is 53.4 Å². The van der Waals surface area contributed by atoms with E-state index >= 15 is 0 Å². The Kier molecular flexibility index (Phi) is 5.22. The highest BCUT2D eigenvalue weighted by molar-refractivity contribution is 6.33. The zero-order valence-corrected chi connectivity index (χ0v) is 10.9. The lowest BCUT2D eigenvalue weighted by atomic mass is 10.3. The van der Waals surface area contributed by atoms with Crippen LogP contribution >= 0.6 is 11.6 Å². The molecule has 0 radical (unpaired) electrons. The highest BCUT2D eigenvalue weighted by Crippen LogP contribution is 2.19. The van der Waals surface area contributed by atoms with Crippen molar-refractivity contribution in [2.75, 3.05) is 18.0 Å². The fraction of sp³-hybridized carbons (Fsp3) is 0.500. The van der Waals surface area contributed by atoms with Gasteiger partial charge in [0.1, 0.15) is 5.82 Å². The molecule has 17 heavy (non-hydrogen) atoms. The first-order valence-electron chi connectivity index (χ1n) is 5.74. The number of pyridine rings is 1. The fourth-order valence-corrected chi connectivity index (χ4v) is 1.82. The maximum atomic E-state index is 10.9. The molecule has 0 unspecified atom stereocenters. The maximum Gasteiger partial charge on any atom is 0.356 e. The van der Waals surface area contributed by atoms with Crippen molar-refractivity contribution >= 4 is 23.4 Å². The number of aromatic nitrogens is 1. The number of carboxylic acids is 1. The zero-order chi connectivity index (χ0) is 12.8. The van der Waals surface area contributed by atoms with E-state index in [0.717, 1.165) is 25.9 Å². The van der Waals surface area contributed by atoms with Crippen molar-refractivity contribution in [2.24, 2.45) is 0 Å². The minimum absolute atomic E-state index is 0.0821. The van der Waals surface area contributed by atoms with Crippen molar-refractivity contribution in [3.63, 3.8) is 0 Å². The second-order valence-corrected chi connectivity index (χ2v) is 4.20. The summed E-state index contributed by atoms with van der Waals surface area (Å²) in [5, 5.41) is 9.14. The average molecular weight is 257 g/mol. The van der Waals surface area contributed by atoms with Crippen molar-refractivity contribution in [2.45, 2.75) is 26.7 Å². The summed E-state index contributed by atoms with van der Waals surface area (Å²) in [6.45, 7) is 5.89. The Morgan fingerprint density at radius 3 is 2.41 bits per heavy atom. The van der Waals surface area contributed by atoms with E-state index in [2.05, 4.69) is 23.7 Å². The highest BCUT2D eigenvalue weighted by atomic mass is 35.5. The van der Waals surface area contributed by atoms with Crippen LogP contribution < -0.4 is 4.90 Å². The Balaban J connectivity index is 3.03. The molecule has 0 aliphatic carbocycles. The molecule has 4 nitrogen and oxygen atoms in total. The molecule has 0 atom stereocenters. The van der Waals surface area contributed by atoms with Crippen LogP contribution in [-0.2, 0) is 0 Å². The Bertz CT molecular complexity index is 390. The Labute approximate surface area is 106 Å². The van der Waals surface area contributed by atoms with E-state index in [1.54, 1.807) is 12.1 Å². The summed E-state index contributed by atoms with van der Waals surface area (Å²) >= 11 is 5.79. The molecule has 1 heterocycles. The SMILES string of the molecule is CCCN(CCC)c1ccc(Cl)c(C(=O)O)n1. The number of halogens is 1. The summed E-state index contributed by atoms with van der Waals surface area (Å²) in [7, 11) is 0. The van der Waals surface area contributed by atoms with Crippen LogP contribution in [0.2, 0.25) is 5.02 Å². The Hall–Kier alpha value is -1.29. The number of carboxylic acid groups (broad SMARTS) is 1. The lowest BCUT2D eigenvalue weighted by Crippen LogP contribution is -2.26. The van der Waals surface area contributed by atoms with Crippen LogP contribution in [0.3, 0.4) is 0 Å². The van der Waals surface area contributed by atoms with E-state index in [9.17, 15) is 4.79 Å². The molecule has 1 aromatic heterocycles. The molecule has 0 spiro atoms. The van der Waals surface area contributed by atoms with Crippen molar-refractivity contribution < 1.29 is 9.90 Å². The third kappa shape index (κ3) is 3.60. The Morgan fingerprint density at radius 2 is 1.94 bits per heavy atom. The van der Waals surface area contributed by atoms with E-state index in [1.165, 1.54) is 0 Å². The van der Waals surface area contributed by atoms with Crippen LogP contribution in [0.1, 0.15) is 37.2 Å². The minimum atomic E-state index is -1.09. The van der Waals surface area contributed by atoms with Crippen LogP contribution in [0.4, 0.5) is 5.82 Å². The zero-order valence-electron chi connectivity index (χ0n) is 10.1. The Morgan fingerprint density at radius 1 is 1.35 bits per heavy atom. The third-order valence-corrected chi connectivity index (χ3v) is 2.65. The molecule has 1 rings (SSSR count). The number of anilines is 1. The average Bonchev–Trinajstić information content (AvgIpc) is 2.29. The van der Waals surface area contributed by atoms with Gasteiger partial charge in [0, 0.05) is 13.1 Å². The van der Waals surface area contributed by atoms with Gasteiger partial charge in [-0.2, -0.15) is 0 Å². The number of aromatic carboxylic acids is 1. The summed E-state index contributed by atoms with van der Waals surface area (Å²) in [6, 6.07) is 3.35. The molecule has 94 valence electrons. The maximum absolute atomic E-state index is 10.9. The van der Waals surface area contributed by atoms with Crippen LogP contribution in [0, 0.1) is 0 Å². The van der Waals surface area contributed by atoms with Gasteiger partial charge in [-0.15, -0.1) is 0 Å². The number of carbonyl (C=O) groups is 1. The molecule has 0 aromatic carbocycles. The summed E-state index contributed by atoms with van der Waals surface area (Å²) < 4.78 is 0.